The molecule has 0 saturated carbocycles. The van der Waals surface area contributed by atoms with Crippen LogP contribution in [-0.4, -0.2) is 35.7 Å². The van der Waals surface area contributed by atoms with Crippen LogP contribution in [0.25, 0.3) is 5.53 Å². The van der Waals surface area contributed by atoms with Gasteiger partial charge in [-0.2, -0.15) is 10.1 Å². The van der Waals surface area contributed by atoms with Gasteiger partial charge in [0.1, 0.15) is 6.07 Å². The molecule has 0 aromatic rings. The van der Waals surface area contributed by atoms with Crippen LogP contribution in [0.1, 0.15) is 13.8 Å². The number of carbonyl (C=O) groups is 2. The molecule has 8 heteroatoms. The molecular weight excluding hydrogens is 240 g/mol. The van der Waals surface area contributed by atoms with Crippen molar-refractivity contribution in [3.05, 3.63) is 16.8 Å². The van der Waals surface area contributed by atoms with Gasteiger partial charge in [0.25, 0.3) is 0 Å². The fourth-order valence-electron chi connectivity index (χ4n) is 0.942. The summed E-state index contributed by atoms with van der Waals surface area (Å²) in [6, 6.07) is 1.48. The zero-order chi connectivity index (χ0) is 14.1. The third-order valence-electron chi connectivity index (χ3n) is 1.68. The van der Waals surface area contributed by atoms with Crippen molar-refractivity contribution in [1.29, 1.82) is 5.26 Å². The number of carbonyl (C=O) groups excluding carboxylic acids is 2. The lowest BCUT2D eigenvalue weighted by Crippen LogP contribution is -2.28. The van der Waals surface area contributed by atoms with E-state index in [1.165, 1.54) is 19.9 Å². The minimum atomic E-state index is -1.05. The van der Waals surface area contributed by atoms with Gasteiger partial charge in [0.2, 0.25) is 0 Å². The second kappa shape index (κ2) is 7.60. The van der Waals surface area contributed by atoms with Crippen LogP contribution in [0.5, 0.6) is 0 Å². The standard InChI is InChI=1S/C10H12N4O4/c1-3-17-9(15)6(5-11)7(12)8(14-13)10(16)18-4-2/h3-4,12H2,1-2H3/b7-6-. The average Bonchev–Trinajstić information content (AvgIpc) is 2.31. The van der Waals surface area contributed by atoms with E-state index in [-0.39, 0.29) is 13.2 Å². The molecule has 0 aliphatic rings. The molecule has 0 amide bonds. The van der Waals surface area contributed by atoms with Gasteiger partial charge in [-0.05, 0) is 13.8 Å². The van der Waals surface area contributed by atoms with Crippen molar-refractivity contribution in [3.8, 4) is 6.07 Å². The van der Waals surface area contributed by atoms with E-state index < -0.39 is 28.9 Å². The number of nitrogens with two attached hydrogens (primary N) is 1. The summed E-state index contributed by atoms with van der Waals surface area (Å²) >= 11 is 0. The van der Waals surface area contributed by atoms with E-state index in [4.69, 9.17) is 16.5 Å². The lowest BCUT2D eigenvalue weighted by atomic mass is 10.1. The smallest absolute Gasteiger partial charge is 0.423 e. The number of ether oxygens (including phenoxy) is 2. The molecule has 0 rings (SSSR count). The molecule has 0 heterocycles. The molecule has 2 N–H and O–H groups in total. The summed E-state index contributed by atoms with van der Waals surface area (Å²) in [4.78, 5) is 25.3. The molecule has 0 aromatic heterocycles. The first-order chi connectivity index (χ1) is 8.53. The van der Waals surface area contributed by atoms with Crippen LogP contribution in [0.2, 0.25) is 0 Å². The maximum absolute atomic E-state index is 11.3. The highest BCUT2D eigenvalue weighted by atomic mass is 16.5. The fraction of sp³-hybridized carbons (Fsp3) is 0.400. The Kier molecular flexibility index (Phi) is 6.48. The first kappa shape index (κ1) is 15.3. The van der Waals surface area contributed by atoms with Gasteiger partial charge in [0, 0.05) is 0 Å². The van der Waals surface area contributed by atoms with E-state index in [1.54, 1.807) is 0 Å². The van der Waals surface area contributed by atoms with E-state index in [9.17, 15) is 9.59 Å². The SMILES string of the molecule is CCOC(=O)C(=[N+]=[N-])/C(N)=C(\C#N)C(=O)OCC. The van der Waals surface area contributed by atoms with Gasteiger partial charge < -0.3 is 20.7 Å². The molecule has 0 aliphatic heterocycles. The largest absolute Gasteiger partial charge is 0.462 e. The molecule has 0 radical (unpaired) electrons. The molecule has 0 fully saturated rings. The van der Waals surface area contributed by atoms with Gasteiger partial charge in [-0.15, -0.1) is 0 Å². The first-order valence-corrected chi connectivity index (χ1v) is 4.99. The molecule has 18 heavy (non-hydrogen) atoms. The number of hydrogen-bond donors (Lipinski definition) is 1. The molecule has 0 aromatic carbocycles. The zero-order valence-corrected chi connectivity index (χ0v) is 9.97. The Bertz CT molecular complexity index is 469. The Hall–Kier alpha value is -2.65. The summed E-state index contributed by atoms with van der Waals surface area (Å²) in [5.74, 6) is -2.06. The zero-order valence-electron chi connectivity index (χ0n) is 9.97. The predicted octanol–water partition coefficient (Wildman–Crippen LogP) is -0.480. The number of rotatable bonds is 5. The van der Waals surface area contributed by atoms with Gasteiger partial charge in [0.15, 0.2) is 11.3 Å². The maximum Gasteiger partial charge on any atom is 0.423 e. The van der Waals surface area contributed by atoms with E-state index >= 15 is 0 Å². The van der Waals surface area contributed by atoms with Gasteiger partial charge >= 0.3 is 17.7 Å². The molecular formula is C10H12N4O4. The van der Waals surface area contributed by atoms with Crippen molar-refractivity contribution in [1.82, 2.24) is 0 Å². The van der Waals surface area contributed by atoms with E-state index in [0.29, 0.717) is 0 Å². The normalized spacial score (nSPS) is 10.5. The van der Waals surface area contributed by atoms with Crippen LogP contribution in [0.3, 0.4) is 0 Å². The number of esters is 2. The molecule has 0 atom stereocenters. The number of nitrogens with zero attached hydrogens (tertiary/aromatic N) is 3. The lowest BCUT2D eigenvalue weighted by Gasteiger charge is -2.02. The summed E-state index contributed by atoms with van der Waals surface area (Å²) in [5, 5.41) is 8.77. The summed E-state index contributed by atoms with van der Waals surface area (Å²) in [6.45, 7) is 3.12. The second-order valence-electron chi connectivity index (χ2n) is 2.79. The van der Waals surface area contributed by atoms with E-state index in [1.807, 2.05) is 0 Å². The van der Waals surface area contributed by atoms with Crippen LogP contribution in [0, 0.1) is 11.3 Å². The predicted molar refractivity (Wildman–Crippen MR) is 58.7 cm³/mol. The third-order valence-corrected chi connectivity index (χ3v) is 1.68. The van der Waals surface area contributed by atoms with Crippen LogP contribution in [-0.2, 0) is 19.1 Å². The van der Waals surface area contributed by atoms with Crippen molar-refractivity contribution >= 4 is 17.7 Å². The molecule has 0 unspecified atom stereocenters. The Morgan fingerprint density at radius 1 is 1.28 bits per heavy atom. The summed E-state index contributed by atoms with van der Waals surface area (Å²) in [6.07, 6.45) is 0. The maximum atomic E-state index is 11.3. The highest BCUT2D eigenvalue weighted by molar-refractivity contribution is 6.41. The monoisotopic (exact) mass is 252 g/mol. The third kappa shape index (κ3) is 3.73. The first-order valence-electron chi connectivity index (χ1n) is 4.99. The number of nitriles is 1. The van der Waals surface area contributed by atoms with Crippen molar-refractivity contribution < 1.29 is 23.9 Å². The molecule has 0 saturated heterocycles. The summed E-state index contributed by atoms with van der Waals surface area (Å²) in [5.41, 5.74) is 12.1. The van der Waals surface area contributed by atoms with Crippen LogP contribution < -0.4 is 5.73 Å². The minimum Gasteiger partial charge on any atom is -0.462 e. The second-order valence-corrected chi connectivity index (χ2v) is 2.79. The molecule has 8 nitrogen and oxygen atoms in total. The molecule has 96 valence electrons. The van der Waals surface area contributed by atoms with Crippen LogP contribution in [0.15, 0.2) is 11.3 Å². The highest BCUT2D eigenvalue weighted by Crippen LogP contribution is 2.03. The van der Waals surface area contributed by atoms with Gasteiger partial charge in [-0.1, -0.05) is 0 Å². The minimum absolute atomic E-state index is 0.0203. The Morgan fingerprint density at radius 2 is 1.78 bits per heavy atom. The van der Waals surface area contributed by atoms with Gasteiger partial charge in [-0.3, -0.25) is 0 Å². The fourth-order valence-corrected chi connectivity index (χ4v) is 0.942. The van der Waals surface area contributed by atoms with E-state index in [2.05, 4.69) is 14.3 Å². The van der Waals surface area contributed by atoms with Gasteiger partial charge in [0.05, 0.1) is 13.2 Å². The summed E-state index contributed by atoms with van der Waals surface area (Å²) in [7, 11) is 0. The Morgan fingerprint density at radius 3 is 2.17 bits per heavy atom. The van der Waals surface area contributed by atoms with Crippen molar-refractivity contribution in [2.45, 2.75) is 13.8 Å². The molecule has 0 aliphatic carbocycles. The van der Waals surface area contributed by atoms with Crippen molar-refractivity contribution in [2.24, 2.45) is 5.73 Å². The van der Waals surface area contributed by atoms with Crippen molar-refractivity contribution in [2.75, 3.05) is 13.2 Å². The quantitative estimate of drug-likeness (QED) is 0.175. The van der Waals surface area contributed by atoms with Gasteiger partial charge in [-0.25, -0.2) is 9.59 Å². The highest BCUT2D eigenvalue weighted by Gasteiger charge is 2.31. The van der Waals surface area contributed by atoms with E-state index in [0.717, 1.165) is 0 Å². The Balaban J connectivity index is 5.47. The molecule has 0 bridgehead atoms. The van der Waals surface area contributed by atoms with Crippen molar-refractivity contribution in [3.63, 3.8) is 0 Å². The topological polar surface area (TPSA) is 139 Å². The number of hydrogen-bond acceptors (Lipinski definition) is 6. The van der Waals surface area contributed by atoms with Crippen LogP contribution >= 0.6 is 0 Å². The lowest BCUT2D eigenvalue weighted by molar-refractivity contribution is -0.139. The van der Waals surface area contributed by atoms with Crippen LogP contribution in [0.4, 0.5) is 0 Å². The average molecular weight is 252 g/mol. The Labute approximate surface area is 103 Å². The summed E-state index contributed by atoms with van der Waals surface area (Å²) < 4.78 is 9.11. The molecule has 0 spiro atoms.